The van der Waals surface area contributed by atoms with E-state index >= 15 is 0 Å². The van der Waals surface area contributed by atoms with E-state index in [-0.39, 0.29) is 5.41 Å². The van der Waals surface area contributed by atoms with Gasteiger partial charge in [0.15, 0.2) is 0 Å². The Bertz CT molecular complexity index is 1140. The number of fused-ring (bicyclic) bond motifs is 3. The second-order valence-corrected chi connectivity index (χ2v) is 8.36. The number of hydrogen-bond donors (Lipinski definition) is 0. The van der Waals surface area contributed by atoms with Gasteiger partial charge in [-0.2, -0.15) is 0 Å². The zero-order valence-corrected chi connectivity index (χ0v) is 17.8. The topological polar surface area (TPSA) is 0 Å². The summed E-state index contributed by atoms with van der Waals surface area (Å²) in [5.41, 5.74) is 11.7. The third-order valence-corrected chi connectivity index (χ3v) is 6.08. The molecule has 0 aliphatic heterocycles. The molecular weight excluding hydrogens is 348 g/mol. The second kappa shape index (κ2) is 7.37. The van der Waals surface area contributed by atoms with Gasteiger partial charge in [-0.15, -0.1) is 0 Å². The summed E-state index contributed by atoms with van der Waals surface area (Å²) >= 11 is 0. The summed E-state index contributed by atoms with van der Waals surface area (Å²) in [6, 6.07) is 22.6. The normalized spacial score (nSPS) is 14.7. The highest BCUT2D eigenvalue weighted by molar-refractivity contribution is 5.87. The first kappa shape index (κ1) is 19.2. The van der Waals surface area contributed by atoms with Crippen LogP contribution in [-0.4, -0.2) is 0 Å². The lowest BCUT2D eigenvalue weighted by atomic mass is 9.81. The van der Waals surface area contributed by atoms with Gasteiger partial charge >= 0.3 is 0 Å². The summed E-state index contributed by atoms with van der Waals surface area (Å²) in [7, 11) is 0. The monoisotopic (exact) mass is 376 g/mol. The minimum Gasteiger partial charge on any atom is -0.0984 e. The third kappa shape index (κ3) is 3.29. The number of allylic oxidation sites excluding steroid dienone is 5. The van der Waals surface area contributed by atoms with Gasteiger partial charge in [0, 0.05) is 5.41 Å². The fourth-order valence-electron chi connectivity index (χ4n) is 4.34. The van der Waals surface area contributed by atoms with Crippen molar-refractivity contribution >= 4 is 5.57 Å². The van der Waals surface area contributed by atoms with Crippen molar-refractivity contribution in [2.75, 3.05) is 0 Å². The van der Waals surface area contributed by atoms with Gasteiger partial charge in [-0.3, -0.25) is 0 Å². The van der Waals surface area contributed by atoms with Crippen LogP contribution in [0.25, 0.3) is 27.8 Å². The van der Waals surface area contributed by atoms with Gasteiger partial charge in [-0.05, 0) is 70.5 Å². The van der Waals surface area contributed by atoms with Crippen LogP contribution in [0.15, 0.2) is 91.5 Å². The number of rotatable bonds is 4. The first-order chi connectivity index (χ1) is 14.0. The lowest BCUT2D eigenvalue weighted by molar-refractivity contribution is 0.660. The maximum atomic E-state index is 4.01. The summed E-state index contributed by atoms with van der Waals surface area (Å²) in [4.78, 5) is 0. The van der Waals surface area contributed by atoms with E-state index in [2.05, 4.69) is 100 Å². The molecule has 0 fully saturated rings. The Balaban J connectivity index is 1.84. The maximum Gasteiger partial charge on any atom is 0.0159 e. The van der Waals surface area contributed by atoms with Crippen molar-refractivity contribution in [1.82, 2.24) is 0 Å². The molecule has 0 nitrogen and oxygen atoms in total. The molecule has 0 atom stereocenters. The van der Waals surface area contributed by atoms with E-state index < -0.39 is 0 Å². The van der Waals surface area contributed by atoms with Crippen molar-refractivity contribution in [2.45, 2.75) is 33.1 Å². The highest BCUT2D eigenvalue weighted by Crippen LogP contribution is 2.50. The van der Waals surface area contributed by atoms with Crippen LogP contribution in [0.2, 0.25) is 0 Å². The molecule has 3 aromatic rings. The van der Waals surface area contributed by atoms with E-state index in [4.69, 9.17) is 0 Å². The molecule has 0 heteroatoms. The van der Waals surface area contributed by atoms with Gasteiger partial charge < -0.3 is 0 Å². The molecule has 1 aliphatic rings. The molecule has 0 N–H and O–H groups in total. The highest BCUT2D eigenvalue weighted by Gasteiger charge is 2.35. The van der Waals surface area contributed by atoms with Gasteiger partial charge in [-0.25, -0.2) is 0 Å². The van der Waals surface area contributed by atoms with E-state index in [0.717, 1.165) is 5.57 Å². The Labute approximate surface area is 174 Å². The van der Waals surface area contributed by atoms with Crippen LogP contribution in [0.5, 0.6) is 0 Å². The molecule has 1 aliphatic carbocycles. The Hall–Kier alpha value is -3.12. The predicted molar refractivity (Wildman–Crippen MR) is 127 cm³/mol. The zero-order valence-electron chi connectivity index (χ0n) is 17.8. The molecule has 0 aromatic heterocycles. The summed E-state index contributed by atoms with van der Waals surface area (Å²) in [5, 5.41) is 0. The number of benzene rings is 3. The maximum absolute atomic E-state index is 4.01. The molecular formula is C29H28. The van der Waals surface area contributed by atoms with E-state index in [0.29, 0.717) is 0 Å². The molecule has 0 saturated heterocycles. The third-order valence-electron chi connectivity index (χ3n) is 6.08. The first-order valence-electron chi connectivity index (χ1n) is 10.3. The molecule has 0 bridgehead atoms. The van der Waals surface area contributed by atoms with Crippen molar-refractivity contribution in [2.24, 2.45) is 0 Å². The molecule has 0 heterocycles. The van der Waals surface area contributed by atoms with Crippen LogP contribution < -0.4 is 0 Å². The Morgan fingerprint density at radius 1 is 0.828 bits per heavy atom. The van der Waals surface area contributed by atoms with Gasteiger partial charge in [0.2, 0.25) is 0 Å². The molecule has 0 amide bonds. The van der Waals surface area contributed by atoms with Crippen molar-refractivity contribution in [1.29, 1.82) is 0 Å². The molecule has 144 valence electrons. The number of hydrogen-bond acceptors (Lipinski definition) is 0. The van der Waals surface area contributed by atoms with Crippen LogP contribution >= 0.6 is 0 Å². The number of aryl methyl sites for hydroxylation is 1. The lowest BCUT2D eigenvalue weighted by Crippen LogP contribution is -2.15. The largest absolute Gasteiger partial charge is 0.0984 e. The fourth-order valence-corrected chi connectivity index (χ4v) is 4.34. The summed E-state index contributed by atoms with van der Waals surface area (Å²) in [5.74, 6) is 0. The minimum absolute atomic E-state index is 0.0145. The Kier molecular flexibility index (Phi) is 4.88. The van der Waals surface area contributed by atoms with Crippen LogP contribution in [0.3, 0.4) is 0 Å². The smallest absolute Gasteiger partial charge is 0.0159 e. The molecule has 0 spiro atoms. The quantitative estimate of drug-likeness (QED) is 0.403. The SMILES string of the molecule is C=C/C(=C\C=C/C)c1ccc2c(c1)C(C)(C)c1ccc(-c3ccc(C)cc3)cc1-2. The zero-order chi connectivity index (χ0) is 20.6. The average Bonchev–Trinajstić information content (AvgIpc) is 2.96. The van der Waals surface area contributed by atoms with E-state index in [1.165, 1.54) is 44.5 Å². The summed E-state index contributed by atoms with van der Waals surface area (Å²) in [6.07, 6.45) is 8.17. The minimum atomic E-state index is -0.0145. The Morgan fingerprint density at radius 2 is 1.55 bits per heavy atom. The van der Waals surface area contributed by atoms with Crippen LogP contribution in [0.1, 0.15) is 43.0 Å². The van der Waals surface area contributed by atoms with Crippen molar-refractivity contribution in [3.8, 4) is 22.3 Å². The predicted octanol–water partition coefficient (Wildman–Crippen LogP) is 8.11. The van der Waals surface area contributed by atoms with Crippen LogP contribution in [0.4, 0.5) is 0 Å². The van der Waals surface area contributed by atoms with Gasteiger partial charge in [0.25, 0.3) is 0 Å². The summed E-state index contributed by atoms with van der Waals surface area (Å²) in [6.45, 7) is 12.8. The second-order valence-electron chi connectivity index (χ2n) is 8.36. The first-order valence-corrected chi connectivity index (χ1v) is 10.3. The molecule has 0 saturated carbocycles. The highest BCUT2D eigenvalue weighted by atomic mass is 14.4. The van der Waals surface area contributed by atoms with Crippen molar-refractivity contribution in [3.63, 3.8) is 0 Å². The van der Waals surface area contributed by atoms with Gasteiger partial charge in [0.05, 0.1) is 0 Å². The Morgan fingerprint density at radius 3 is 2.24 bits per heavy atom. The van der Waals surface area contributed by atoms with E-state index in [1.54, 1.807) is 0 Å². The molecule has 29 heavy (non-hydrogen) atoms. The van der Waals surface area contributed by atoms with Gasteiger partial charge in [0.1, 0.15) is 0 Å². The summed E-state index contributed by atoms with van der Waals surface area (Å²) < 4.78 is 0. The van der Waals surface area contributed by atoms with Crippen molar-refractivity contribution < 1.29 is 0 Å². The average molecular weight is 377 g/mol. The van der Waals surface area contributed by atoms with E-state index in [9.17, 15) is 0 Å². The van der Waals surface area contributed by atoms with Crippen molar-refractivity contribution in [3.05, 3.63) is 114 Å². The van der Waals surface area contributed by atoms with Crippen LogP contribution in [-0.2, 0) is 5.41 Å². The molecule has 3 aromatic carbocycles. The standard InChI is InChI=1S/C29H28/c1-6-8-9-21(7-2)24-14-16-25-26-18-23(22-12-10-20(3)11-13-22)15-17-27(26)29(4,5)28(25)19-24/h6-19H,2H2,1,3-5H3/b8-6-,21-9+. The molecule has 0 radical (unpaired) electrons. The fraction of sp³-hybridized carbons (Fsp3) is 0.172. The lowest BCUT2D eigenvalue weighted by Gasteiger charge is -2.22. The van der Waals surface area contributed by atoms with Crippen LogP contribution in [0, 0.1) is 6.92 Å². The van der Waals surface area contributed by atoms with Gasteiger partial charge in [-0.1, -0.05) is 98.8 Å². The molecule has 4 rings (SSSR count). The van der Waals surface area contributed by atoms with E-state index in [1.807, 2.05) is 19.1 Å². The molecule has 0 unspecified atom stereocenters.